The summed E-state index contributed by atoms with van der Waals surface area (Å²) in [5.41, 5.74) is 5.95. The van der Waals surface area contributed by atoms with Crippen LogP contribution in [0.15, 0.2) is 90.6 Å². The van der Waals surface area contributed by atoms with Gasteiger partial charge in [-0.05, 0) is 55.0 Å². The van der Waals surface area contributed by atoms with Gasteiger partial charge in [-0.3, -0.25) is 0 Å². The Morgan fingerprint density at radius 1 is 1.00 bits per heavy atom. The van der Waals surface area contributed by atoms with Crippen molar-refractivity contribution in [3.05, 3.63) is 118 Å². The summed E-state index contributed by atoms with van der Waals surface area (Å²) in [6.07, 6.45) is 5.79. The minimum absolute atomic E-state index is 0.347. The lowest BCUT2D eigenvalue weighted by Gasteiger charge is -2.06. The highest BCUT2D eigenvalue weighted by atomic mass is 35.5. The smallest absolute Gasteiger partial charge is 0.343 e. The Hall–Kier alpha value is -3.56. The number of aromatic nitrogens is 1. The van der Waals surface area contributed by atoms with Crippen molar-refractivity contribution in [3.63, 3.8) is 0 Å². The van der Waals surface area contributed by atoms with E-state index < -0.39 is 0 Å². The van der Waals surface area contributed by atoms with E-state index in [0.29, 0.717) is 16.4 Å². The summed E-state index contributed by atoms with van der Waals surface area (Å²) < 4.78 is 7.73. The fourth-order valence-corrected chi connectivity index (χ4v) is 4.07. The van der Waals surface area contributed by atoms with Crippen LogP contribution in [0.5, 0.6) is 0 Å². The summed E-state index contributed by atoms with van der Waals surface area (Å²) >= 11 is 5.97. The van der Waals surface area contributed by atoms with Crippen LogP contribution in [0.3, 0.4) is 0 Å². The molecule has 0 N–H and O–H groups in total. The molecular weight excluding hydrogens is 406 g/mol. The Kier molecular flexibility index (Phi) is 4.97. The first-order valence-corrected chi connectivity index (χ1v) is 10.5. The molecule has 3 nitrogen and oxygen atoms in total. The van der Waals surface area contributed by atoms with Gasteiger partial charge in [-0.2, -0.15) is 0 Å². The molecule has 31 heavy (non-hydrogen) atoms. The van der Waals surface area contributed by atoms with Crippen LogP contribution >= 0.6 is 11.6 Å². The third kappa shape index (κ3) is 3.92. The van der Waals surface area contributed by atoms with Crippen LogP contribution in [0.4, 0.5) is 0 Å². The molecule has 0 unspecified atom stereocenters. The molecule has 0 radical (unpaired) electrons. The summed E-state index contributed by atoms with van der Waals surface area (Å²) in [7, 11) is 0. The SMILES string of the molecule is Cc1cccc(Cn2cc(/C=C3\C=C(c4ccc(Cl)cc4)OC3=O)c3ccccc32)c1. The number of hydrogen-bond acceptors (Lipinski definition) is 2. The number of carbonyl (C=O) groups excluding carboxylic acids is 1. The van der Waals surface area contributed by atoms with Crippen molar-refractivity contribution in [2.24, 2.45) is 0 Å². The Labute approximate surface area is 185 Å². The number of benzene rings is 3. The van der Waals surface area contributed by atoms with Crippen LogP contribution in [0.2, 0.25) is 5.02 Å². The monoisotopic (exact) mass is 425 g/mol. The maximum atomic E-state index is 12.5. The number of fused-ring (bicyclic) bond motifs is 1. The number of halogens is 1. The molecule has 0 saturated heterocycles. The predicted molar refractivity (Wildman–Crippen MR) is 126 cm³/mol. The molecule has 2 heterocycles. The second-order valence-corrected chi connectivity index (χ2v) is 8.16. The van der Waals surface area contributed by atoms with E-state index in [2.05, 4.69) is 54.1 Å². The Balaban J connectivity index is 1.53. The molecule has 5 rings (SSSR count). The number of nitrogens with zero attached hydrogens (tertiary/aromatic N) is 1. The predicted octanol–water partition coefficient (Wildman–Crippen LogP) is 6.63. The molecule has 0 aliphatic carbocycles. The van der Waals surface area contributed by atoms with Crippen molar-refractivity contribution in [2.45, 2.75) is 13.5 Å². The summed E-state index contributed by atoms with van der Waals surface area (Å²) in [6, 6.07) is 24.0. The molecule has 0 bridgehead atoms. The molecule has 0 atom stereocenters. The molecule has 3 aromatic carbocycles. The number of para-hydroxylation sites is 1. The van der Waals surface area contributed by atoms with Crippen LogP contribution in [0.1, 0.15) is 22.3 Å². The van der Waals surface area contributed by atoms with Crippen molar-refractivity contribution in [3.8, 4) is 0 Å². The number of rotatable bonds is 4. The van der Waals surface area contributed by atoms with Crippen molar-refractivity contribution >= 4 is 40.3 Å². The number of esters is 1. The van der Waals surface area contributed by atoms with Crippen molar-refractivity contribution in [2.75, 3.05) is 0 Å². The molecule has 152 valence electrons. The number of cyclic esters (lactones) is 1. The molecule has 1 aliphatic heterocycles. The molecule has 0 fully saturated rings. The van der Waals surface area contributed by atoms with Gasteiger partial charge in [0.25, 0.3) is 0 Å². The minimum Gasteiger partial charge on any atom is -0.422 e. The second-order valence-electron chi connectivity index (χ2n) is 7.72. The van der Waals surface area contributed by atoms with E-state index in [9.17, 15) is 4.79 Å². The zero-order valence-electron chi connectivity index (χ0n) is 17.0. The molecule has 4 aromatic rings. The zero-order valence-corrected chi connectivity index (χ0v) is 17.8. The van der Waals surface area contributed by atoms with E-state index in [4.69, 9.17) is 16.3 Å². The Morgan fingerprint density at radius 3 is 2.61 bits per heavy atom. The van der Waals surface area contributed by atoms with Gasteiger partial charge in [0.15, 0.2) is 0 Å². The number of carbonyl (C=O) groups is 1. The lowest BCUT2D eigenvalue weighted by Crippen LogP contribution is -1.98. The Morgan fingerprint density at radius 2 is 1.81 bits per heavy atom. The molecule has 1 aromatic heterocycles. The van der Waals surface area contributed by atoms with Gasteiger partial charge in [0.2, 0.25) is 0 Å². The summed E-state index contributed by atoms with van der Waals surface area (Å²) in [5.74, 6) is 0.192. The van der Waals surface area contributed by atoms with E-state index in [-0.39, 0.29) is 5.97 Å². The van der Waals surface area contributed by atoms with Crippen molar-refractivity contribution in [1.29, 1.82) is 0 Å². The van der Waals surface area contributed by atoms with Crippen molar-refractivity contribution < 1.29 is 9.53 Å². The topological polar surface area (TPSA) is 31.2 Å². The molecule has 1 aliphatic rings. The van der Waals surface area contributed by atoms with E-state index in [1.807, 2.05) is 30.3 Å². The quantitative estimate of drug-likeness (QED) is 0.271. The van der Waals surface area contributed by atoms with Gasteiger partial charge in [0.1, 0.15) is 5.76 Å². The summed E-state index contributed by atoms with van der Waals surface area (Å²) in [6.45, 7) is 2.87. The van der Waals surface area contributed by atoms with Gasteiger partial charge in [-0.1, -0.05) is 59.6 Å². The third-order valence-electron chi connectivity index (χ3n) is 5.42. The normalized spacial score (nSPS) is 14.8. The average Bonchev–Trinajstić information content (AvgIpc) is 3.30. The molecular formula is C27H20ClNO2. The zero-order chi connectivity index (χ0) is 21.4. The van der Waals surface area contributed by atoms with E-state index in [1.165, 1.54) is 11.1 Å². The first-order chi connectivity index (χ1) is 15.1. The molecule has 4 heteroatoms. The van der Waals surface area contributed by atoms with Gasteiger partial charge in [0, 0.05) is 39.8 Å². The largest absolute Gasteiger partial charge is 0.422 e. The standard InChI is InChI=1S/C27H20ClNO2/c1-18-5-4-6-19(13-18)16-29-17-22(24-7-2-3-8-25(24)29)14-21-15-26(31-27(21)30)20-9-11-23(28)12-10-20/h2-15,17H,16H2,1H3/b21-14+. The highest BCUT2D eigenvalue weighted by Gasteiger charge is 2.22. The van der Waals surface area contributed by atoms with Crippen LogP contribution in [-0.4, -0.2) is 10.5 Å². The van der Waals surface area contributed by atoms with Gasteiger partial charge < -0.3 is 9.30 Å². The second kappa shape index (κ2) is 7.93. The average molecular weight is 426 g/mol. The van der Waals surface area contributed by atoms with Crippen LogP contribution in [0.25, 0.3) is 22.7 Å². The van der Waals surface area contributed by atoms with Crippen LogP contribution in [-0.2, 0) is 16.1 Å². The summed E-state index contributed by atoms with van der Waals surface area (Å²) in [4.78, 5) is 12.5. The highest BCUT2D eigenvalue weighted by molar-refractivity contribution is 6.30. The minimum atomic E-state index is -0.347. The molecule has 0 amide bonds. The number of ether oxygens (including phenoxy) is 1. The maximum absolute atomic E-state index is 12.5. The van der Waals surface area contributed by atoms with Crippen LogP contribution < -0.4 is 0 Å². The van der Waals surface area contributed by atoms with Gasteiger partial charge in [0.05, 0.1) is 5.57 Å². The first-order valence-electron chi connectivity index (χ1n) is 10.1. The van der Waals surface area contributed by atoms with Crippen molar-refractivity contribution in [1.82, 2.24) is 4.57 Å². The number of aryl methyl sites for hydroxylation is 1. The van der Waals surface area contributed by atoms with Crippen LogP contribution in [0, 0.1) is 6.92 Å². The van der Waals surface area contributed by atoms with Gasteiger partial charge >= 0.3 is 5.97 Å². The van der Waals surface area contributed by atoms with E-state index >= 15 is 0 Å². The first kappa shape index (κ1) is 19.4. The van der Waals surface area contributed by atoms with E-state index in [0.717, 1.165) is 28.6 Å². The van der Waals surface area contributed by atoms with Gasteiger partial charge in [-0.25, -0.2) is 4.79 Å². The Bertz CT molecular complexity index is 1360. The maximum Gasteiger partial charge on any atom is 0.343 e. The third-order valence-corrected chi connectivity index (χ3v) is 5.67. The fourth-order valence-electron chi connectivity index (χ4n) is 3.94. The number of hydrogen-bond donors (Lipinski definition) is 0. The lowest BCUT2D eigenvalue weighted by atomic mass is 10.1. The highest BCUT2D eigenvalue weighted by Crippen LogP contribution is 2.30. The molecule has 0 spiro atoms. The summed E-state index contributed by atoms with van der Waals surface area (Å²) in [5, 5.41) is 1.75. The van der Waals surface area contributed by atoms with Gasteiger partial charge in [-0.15, -0.1) is 0 Å². The molecule has 0 saturated carbocycles. The lowest BCUT2D eigenvalue weighted by molar-refractivity contribution is -0.130. The van der Waals surface area contributed by atoms with E-state index in [1.54, 1.807) is 18.2 Å². The fraction of sp³-hybridized carbons (Fsp3) is 0.0741.